The lowest BCUT2D eigenvalue weighted by Crippen LogP contribution is -2.07. The molecule has 0 spiro atoms. The fourth-order valence-corrected chi connectivity index (χ4v) is 4.80. The van der Waals surface area contributed by atoms with E-state index in [0.717, 1.165) is 33.8 Å². The van der Waals surface area contributed by atoms with E-state index in [2.05, 4.69) is 36.2 Å². The largest absolute Gasteiger partial charge is 0.279 e. The summed E-state index contributed by atoms with van der Waals surface area (Å²) in [6.45, 7) is 2.57. The first-order valence-electron chi connectivity index (χ1n) is 11.8. The zero-order valence-electron chi connectivity index (χ0n) is 19.4. The fraction of sp³-hybridized carbons (Fsp3) is 0.167. The molecule has 1 fully saturated rings. The molecule has 3 aromatic carbocycles. The molecule has 35 heavy (non-hydrogen) atoms. The number of aliphatic imine (C=N–C) groups is 1. The van der Waals surface area contributed by atoms with Crippen LogP contribution in [-0.4, -0.2) is 15.7 Å². The van der Waals surface area contributed by atoms with Gasteiger partial charge in [0.05, 0.1) is 18.0 Å². The van der Waals surface area contributed by atoms with Gasteiger partial charge in [-0.3, -0.25) is 4.99 Å². The maximum atomic E-state index is 14.7. The lowest BCUT2D eigenvalue weighted by molar-refractivity contribution is 0.625. The Bertz CT molecular complexity index is 1510. The maximum Gasteiger partial charge on any atom is 0.133 e. The number of benzene rings is 3. The third-order valence-electron chi connectivity index (χ3n) is 6.72. The molecule has 0 amide bonds. The molecule has 3 nitrogen and oxygen atoms in total. The molecular weight excluding hydrogens is 457 g/mol. The average Bonchev–Trinajstić information content (AvgIpc) is 3.72. The topological polar surface area (TPSA) is 38.1 Å². The Balaban J connectivity index is 1.37. The van der Waals surface area contributed by atoms with Crippen molar-refractivity contribution in [3.63, 3.8) is 0 Å². The molecule has 1 saturated carbocycles. The third-order valence-corrected chi connectivity index (χ3v) is 6.96. The van der Waals surface area contributed by atoms with E-state index in [1.165, 1.54) is 30.0 Å². The van der Waals surface area contributed by atoms with E-state index in [1.807, 2.05) is 30.5 Å². The third kappa shape index (κ3) is 4.30. The van der Waals surface area contributed by atoms with Gasteiger partial charge in [-0.05, 0) is 60.7 Å². The second-order valence-electron chi connectivity index (χ2n) is 9.10. The van der Waals surface area contributed by atoms with Crippen molar-refractivity contribution in [3.05, 3.63) is 123 Å². The van der Waals surface area contributed by atoms with Gasteiger partial charge in [0.2, 0.25) is 0 Å². The SMILES string of the molecule is CC(=C1CC1)c1ccc(Cc2ncc3c(n2)-c2ccc(Cl)cc2C(c2ccccc2F)=NC3)cc1. The summed E-state index contributed by atoms with van der Waals surface area (Å²) in [6.07, 6.45) is 4.93. The predicted molar refractivity (Wildman–Crippen MR) is 139 cm³/mol. The summed E-state index contributed by atoms with van der Waals surface area (Å²) in [5.41, 5.74) is 9.83. The minimum absolute atomic E-state index is 0.314. The van der Waals surface area contributed by atoms with Crippen molar-refractivity contribution in [1.82, 2.24) is 9.97 Å². The summed E-state index contributed by atoms with van der Waals surface area (Å²) in [5.74, 6) is 0.426. The molecule has 172 valence electrons. The van der Waals surface area contributed by atoms with Crippen LogP contribution in [0.5, 0.6) is 0 Å². The summed E-state index contributed by atoms with van der Waals surface area (Å²) >= 11 is 6.36. The van der Waals surface area contributed by atoms with E-state index in [1.54, 1.807) is 17.7 Å². The standard InChI is InChI=1S/C30H23ClFN3/c1-18(21-10-11-21)20-8-6-19(7-9-20)14-28-33-16-22-17-34-30(25-4-2-3-5-27(25)32)26-15-23(31)12-13-24(26)29(22)35-28/h2-9,12-13,15-16H,10-11,14,17H2,1H3. The molecule has 2 aliphatic rings. The Labute approximate surface area is 209 Å². The molecule has 0 atom stereocenters. The molecule has 6 rings (SSSR count). The van der Waals surface area contributed by atoms with Gasteiger partial charge in [0.1, 0.15) is 11.6 Å². The fourth-order valence-electron chi connectivity index (χ4n) is 4.63. The normalized spacial score (nSPS) is 14.0. The number of aromatic nitrogens is 2. The summed E-state index contributed by atoms with van der Waals surface area (Å²) in [5, 5.41) is 0.571. The van der Waals surface area contributed by atoms with Crippen LogP contribution >= 0.6 is 11.6 Å². The number of nitrogens with zero attached hydrogens (tertiary/aromatic N) is 3. The van der Waals surface area contributed by atoms with Crippen LogP contribution in [0.4, 0.5) is 4.39 Å². The van der Waals surface area contributed by atoms with Crippen LogP contribution in [0.25, 0.3) is 16.8 Å². The van der Waals surface area contributed by atoms with E-state index >= 15 is 0 Å². The Morgan fingerprint density at radius 1 is 0.943 bits per heavy atom. The first-order valence-corrected chi connectivity index (χ1v) is 12.2. The van der Waals surface area contributed by atoms with Crippen molar-refractivity contribution in [2.45, 2.75) is 32.7 Å². The van der Waals surface area contributed by atoms with Gasteiger partial charge in [0.25, 0.3) is 0 Å². The number of rotatable bonds is 4. The highest BCUT2D eigenvalue weighted by Crippen LogP contribution is 2.36. The zero-order chi connectivity index (χ0) is 23.9. The van der Waals surface area contributed by atoms with Crippen molar-refractivity contribution in [3.8, 4) is 11.3 Å². The van der Waals surface area contributed by atoms with Crippen molar-refractivity contribution in [2.24, 2.45) is 4.99 Å². The Kier molecular flexibility index (Phi) is 5.54. The summed E-state index contributed by atoms with van der Waals surface area (Å²) in [7, 11) is 0. The maximum absolute atomic E-state index is 14.7. The Hall–Kier alpha value is -3.63. The Morgan fingerprint density at radius 2 is 1.74 bits per heavy atom. The first-order chi connectivity index (χ1) is 17.1. The van der Waals surface area contributed by atoms with Gasteiger partial charge < -0.3 is 0 Å². The zero-order valence-corrected chi connectivity index (χ0v) is 20.1. The quantitative estimate of drug-likeness (QED) is 0.305. The van der Waals surface area contributed by atoms with Gasteiger partial charge in [0, 0.05) is 39.9 Å². The smallest absolute Gasteiger partial charge is 0.133 e. The average molecular weight is 480 g/mol. The molecule has 5 heteroatoms. The number of hydrogen-bond donors (Lipinski definition) is 0. The highest BCUT2D eigenvalue weighted by atomic mass is 35.5. The van der Waals surface area contributed by atoms with Crippen molar-refractivity contribution < 1.29 is 4.39 Å². The van der Waals surface area contributed by atoms with Crippen LogP contribution < -0.4 is 0 Å². The van der Waals surface area contributed by atoms with Crippen LogP contribution in [0.1, 0.15) is 53.4 Å². The van der Waals surface area contributed by atoms with E-state index < -0.39 is 0 Å². The predicted octanol–water partition coefficient (Wildman–Crippen LogP) is 7.45. The van der Waals surface area contributed by atoms with E-state index in [4.69, 9.17) is 21.6 Å². The number of hydrogen-bond acceptors (Lipinski definition) is 3. The minimum atomic E-state index is -0.314. The molecule has 1 aromatic heterocycles. The molecule has 1 aliphatic heterocycles. The van der Waals surface area contributed by atoms with E-state index in [0.29, 0.717) is 29.3 Å². The van der Waals surface area contributed by atoms with E-state index in [-0.39, 0.29) is 5.82 Å². The summed E-state index contributed by atoms with van der Waals surface area (Å²) in [6, 6.07) is 21.0. The second-order valence-corrected chi connectivity index (χ2v) is 9.53. The molecule has 0 saturated heterocycles. The molecular formula is C30H23ClFN3. The van der Waals surface area contributed by atoms with Gasteiger partial charge in [-0.25, -0.2) is 14.4 Å². The van der Waals surface area contributed by atoms with Gasteiger partial charge in [0.15, 0.2) is 0 Å². The molecule has 1 aliphatic carbocycles. The molecule has 4 aromatic rings. The lowest BCUT2D eigenvalue weighted by atomic mass is 9.95. The highest BCUT2D eigenvalue weighted by molar-refractivity contribution is 6.31. The van der Waals surface area contributed by atoms with Crippen molar-refractivity contribution >= 4 is 22.9 Å². The number of fused-ring (bicyclic) bond motifs is 3. The molecule has 0 N–H and O–H groups in total. The first kappa shape index (κ1) is 21.9. The van der Waals surface area contributed by atoms with Gasteiger partial charge in [-0.1, -0.05) is 59.6 Å². The molecule has 0 radical (unpaired) electrons. The van der Waals surface area contributed by atoms with Crippen molar-refractivity contribution in [2.75, 3.05) is 0 Å². The van der Waals surface area contributed by atoms with Gasteiger partial charge >= 0.3 is 0 Å². The second kappa shape index (κ2) is 8.86. The van der Waals surface area contributed by atoms with Crippen molar-refractivity contribution in [1.29, 1.82) is 0 Å². The molecule has 2 heterocycles. The molecule has 0 bridgehead atoms. The number of halogens is 2. The summed E-state index contributed by atoms with van der Waals surface area (Å²) in [4.78, 5) is 14.4. The monoisotopic (exact) mass is 479 g/mol. The van der Waals surface area contributed by atoms with Gasteiger partial charge in [-0.15, -0.1) is 0 Å². The summed E-state index contributed by atoms with van der Waals surface area (Å²) < 4.78 is 14.7. The molecule has 0 unspecified atom stereocenters. The highest BCUT2D eigenvalue weighted by Gasteiger charge is 2.23. The van der Waals surface area contributed by atoms with Gasteiger partial charge in [-0.2, -0.15) is 0 Å². The number of allylic oxidation sites excluding steroid dienone is 2. The van der Waals surface area contributed by atoms with Crippen LogP contribution in [-0.2, 0) is 13.0 Å². The minimum Gasteiger partial charge on any atom is -0.279 e. The lowest BCUT2D eigenvalue weighted by Gasteiger charge is -2.13. The van der Waals surface area contributed by atoms with Crippen LogP contribution in [0.3, 0.4) is 0 Å². The van der Waals surface area contributed by atoms with Crippen LogP contribution in [0.2, 0.25) is 5.02 Å². The van der Waals surface area contributed by atoms with Crippen LogP contribution in [0, 0.1) is 5.82 Å². The van der Waals surface area contributed by atoms with Crippen LogP contribution in [0.15, 0.2) is 83.5 Å². The van der Waals surface area contributed by atoms with E-state index in [9.17, 15) is 4.39 Å². The Morgan fingerprint density at radius 3 is 2.51 bits per heavy atom.